The maximum absolute atomic E-state index is 12.3. The van der Waals surface area contributed by atoms with Crippen LogP contribution < -0.4 is 5.32 Å². The van der Waals surface area contributed by atoms with Crippen LogP contribution in [0, 0.1) is 6.92 Å². The molecule has 0 saturated carbocycles. The Morgan fingerprint density at radius 3 is 2.48 bits per heavy atom. The van der Waals surface area contributed by atoms with Gasteiger partial charge in [0.05, 0.1) is 22.6 Å². The lowest BCUT2D eigenvalue weighted by Gasteiger charge is -2.14. The summed E-state index contributed by atoms with van der Waals surface area (Å²) in [5.74, 6) is -0.952. The minimum Gasteiger partial charge on any atom is -0.354 e. The van der Waals surface area contributed by atoms with Crippen molar-refractivity contribution in [2.24, 2.45) is 0 Å². The largest absolute Gasteiger partial charge is 0.354 e. The van der Waals surface area contributed by atoms with Crippen molar-refractivity contribution in [3.05, 3.63) is 69.7 Å². The van der Waals surface area contributed by atoms with E-state index in [2.05, 4.69) is 5.32 Å². The first-order chi connectivity index (χ1) is 12.0. The van der Waals surface area contributed by atoms with Gasteiger partial charge in [-0.2, -0.15) is 0 Å². The lowest BCUT2D eigenvalue weighted by atomic mass is 10.1. The van der Waals surface area contributed by atoms with Crippen LogP contribution in [0.3, 0.4) is 0 Å². The van der Waals surface area contributed by atoms with E-state index in [4.69, 9.17) is 11.6 Å². The van der Waals surface area contributed by atoms with Gasteiger partial charge in [-0.25, -0.2) is 0 Å². The molecule has 1 aliphatic heterocycles. The van der Waals surface area contributed by atoms with Crippen LogP contribution in [-0.2, 0) is 11.2 Å². The number of aryl methyl sites for hydroxylation is 1. The summed E-state index contributed by atoms with van der Waals surface area (Å²) in [5.41, 5.74) is 2.59. The van der Waals surface area contributed by atoms with Crippen molar-refractivity contribution in [3.63, 3.8) is 0 Å². The number of hydrogen-bond donors (Lipinski definition) is 1. The summed E-state index contributed by atoms with van der Waals surface area (Å²) in [6.45, 7) is 2.30. The van der Waals surface area contributed by atoms with Crippen LogP contribution >= 0.6 is 11.6 Å². The lowest BCUT2D eigenvalue weighted by Crippen LogP contribution is -2.38. The van der Waals surface area contributed by atoms with E-state index in [-0.39, 0.29) is 41.9 Å². The van der Waals surface area contributed by atoms with Gasteiger partial charge in [0.2, 0.25) is 5.91 Å². The van der Waals surface area contributed by atoms with Gasteiger partial charge in [-0.05, 0) is 24.6 Å². The molecule has 1 heterocycles. The van der Waals surface area contributed by atoms with Crippen LogP contribution in [0.5, 0.6) is 0 Å². The molecule has 0 atom stereocenters. The molecule has 1 N–H and O–H groups in total. The van der Waals surface area contributed by atoms with Crippen molar-refractivity contribution in [2.75, 3.05) is 13.1 Å². The molecule has 0 spiro atoms. The highest BCUT2D eigenvalue weighted by molar-refractivity contribution is 6.37. The molecule has 1 aliphatic rings. The van der Waals surface area contributed by atoms with E-state index >= 15 is 0 Å². The molecule has 6 heteroatoms. The van der Waals surface area contributed by atoms with Crippen molar-refractivity contribution in [3.8, 4) is 0 Å². The highest BCUT2D eigenvalue weighted by Gasteiger charge is 2.36. The highest BCUT2D eigenvalue weighted by atomic mass is 35.5. The molecule has 2 aromatic rings. The van der Waals surface area contributed by atoms with E-state index in [1.165, 1.54) is 0 Å². The van der Waals surface area contributed by atoms with E-state index in [1.807, 2.05) is 31.2 Å². The molecular formula is C19H17ClN2O3. The monoisotopic (exact) mass is 356 g/mol. The third-order valence-corrected chi connectivity index (χ3v) is 4.41. The van der Waals surface area contributed by atoms with Crippen LogP contribution in [0.15, 0.2) is 42.5 Å². The Morgan fingerprint density at radius 1 is 1.08 bits per heavy atom. The van der Waals surface area contributed by atoms with E-state index in [9.17, 15) is 14.4 Å². The lowest BCUT2D eigenvalue weighted by molar-refractivity contribution is -0.120. The molecule has 0 unspecified atom stereocenters. The van der Waals surface area contributed by atoms with Crippen molar-refractivity contribution in [1.82, 2.24) is 10.2 Å². The predicted octanol–water partition coefficient (Wildman–Crippen LogP) is 2.60. The van der Waals surface area contributed by atoms with Gasteiger partial charge >= 0.3 is 0 Å². The van der Waals surface area contributed by atoms with E-state index in [0.29, 0.717) is 5.56 Å². The Morgan fingerprint density at radius 2 is 1.80 bits per heavy atom. The molecule has 0 radical (unpaired) electrons. The zero-order valence-corrected chi connectivity index (χ0v) is 14.5. The fourth-order valence-electron chi connectivity index (χ4n) is 2.76. The molecule has 0 saturated heterocycles. The number of benzene rings is 2. The standard InChI is InChI=1S/C19H17ClN2O3/c1-12-5-7-13(8-6-12)11-16(23)21-9-10-22-18(24)14-3-2-4-15(20)17(14)19(22)25/h2-8H,9-11H2,1H3,(H,21,23). The van der Waals surface area contributed by atoms with Gasteiger partial charge in [0.1, 0.15) is 0 Å². The van der Waals surface area contributed by atoms with E-state index in [0.717, 1.165) is 16.0 Å². The number of fused-ring (bicyclic) bond motifs is 1. The van der Waals surface area contributed by atoms with Crippen molar-refractivity contribution >= 4 is 29.3 Å². The second kappa shape index (κ2) is 7.07. The first-order valence-corrected chi connectivity index (χ1v) is 8.32. The zero-order valence-electron chi connectivity index (χ0n) is 13.7. The van der Waals surface area contributed by atoms with Gasteiger partial charge in [0.15, 0.2) is 0 Å². The number of carbonyl (C=O) groups excluding carboxylic acids is 3. The van der Waals surface area contributed by atoms with Gasteiger partial charge in [-0.1, -0.05) is 47.5 Å². The highest BCUT2D eigenvalue weighted by Crippen LogP contribution is 2.28. The first-order valence-electron chi connectivity index (χ1n) is 7.94. The van der Waals surface area contributed by atoms with Crippen molar-refractivity contribution in [1.29, 1.82) is 0 Å². The molecule has 128 valence electrons. The van der Waals surface area contributed by atoms with Gasteiger partial charge in [-0.3, -0.25) is 19.3 Å². The fraction of sp³-hybridized carbons (Fsp3) is 0.211. The molecule has 0 aliphatic carbocycles. The maximum Gasteiger partial charge on any atom is 0.263 e. The second-order valence-electron chi connectivity index (χ2n) is 5.94. The number of rotatable bonds is 5. The number of imide groups is 1. The Hall–Kier alpha value is -2.66. The molecule has 3 amide bonds. The Labute approximate surface area is 150 Å². The smallest absolute Gasteiger partial charge is 0.263 e. The summed E-state index contributed by atoms with van der Waals surface area (Å²) >= 11 is 6.01. The number of nitrogens with zero attached hydrogens (tertiary/aromatic N) is 1. The summed E-state index contributed by atoms with van der Waals surface area (Å²) < 4.78 is 0. The van der Waals surface area contributed by atoms with Gasteiger partial charge < -0.3 is 5.32 Å². The van der Waals surface area contributed by atoms with Crippen LogP contribution in [0.2, 0.25) is 5.02 Å². The number of hydrogen-bond acceptors (Lipinski definition) is 3. The molecule has 2 aromatic carbocycles. The third kappa shape index (κ3) is 3.56. The van der Waals surface area contributed by atoms with Crippen LogP contribution in [-0.4, -0.2) is 35.7 Å². The maximum atomic E-state index is 12.3. The summed E-state index contributed by atoms with van der Waals surface area (Å²) in [6, 6.07) is 12.5. The average Bonchev–Trinajstić information content (AvgIpc) is 2.83. The van der Waals surface area contributed by atoms with Gasteiger partial charge in [-0.15, -0.1) is 0 Å². The van der Waals surface area contributed by atoms with Crippen molar-refractivity contribution < 1.29 is 14.4 Å². The van der Waals surface area contributed by atoms with Gasteiger partial charge in [0, 0.05) is 13.1 Å². The first kappa shape index (κ1) is 17.2. The molecule has 3 rings (SSSR count). The molecule has 0 fully saturated rings. The number of carbonyl (C=O) groups is 3. The normalized spacial score (nSPS) is 13.1. The topological polar surface area (TPSA) is 66.5 Å². The molecular weight excluding hydrogens is 340 g/mol. The summed E-state index contributed by atoms with van der Waals surface area (Å²) in [7, 11) is 0. The SMILES string of the molecule is Cc1ccc(CC(=O)NCCN2C(=O)c3cccc(Cl)c3C2=O)cc1. The third-order valence-electron chi connectivity index (χ3n) is 4.09. The molecule has 25 heavy (non-hydrogen) atoms. The number of nitrogens with one attached hydrogen (secondary N) is 1. The molecule has 5 nitrogen and oxygen atoms in total. The second-order valence-corrected chi connectivity index (χ2v) is 6.34. The predicted molar refractivity (Wildman–Crippen MR) is 94.7 cm³/mol. The quantitative estimate of drug-likeness (QED) is 0.837. The minimum atomic E-state index is -0.418. The Bertz CT molecular complexity index is 846. The summed E-state index contributed by atoms with van der Waals surface area (Å²) in [6.07, 6.45) is 0.258. The minimum absolute atomic E-state index is 0.113. The van der Waals surface area contributed by atoms with Crippen LogP contribution in [0.25, 0.3) is 0 Å². The van der Waals surface area contributed by atoms with Crippen LogP contribution in [0.1, 0.15) is 31.8 Å². The fourth-order valence-corrected chi connectivity index (χ4v) is 3.01. The van der Waals surface area contributed by atoms with E-state index in [1.54, 1.807) is 18.2 Å². The summed E-state index contributed by atoms with van der Waals surface area (Å²) in [4.78, 5) is 37.7. The van der Waals surface area contributed by atoms with Crippen LogP contribution in [0.4, 0.5) is 0 Å². The zero-order chi connectivity index (χ0) is 18.0. The Kier molecular flexibility index (Phi) is 4.86. The number of halogens is 1. The molecule has 0 bridgehead atoms. The van der Waals surface area contributed by atoms with Gasteiger partial charge in [0.25, 0.3) is 11.8 Å². The van der Waals surface area contributed by atoms with Crippen molar-refractivity contribution in [2.45, 2.75) is 13.3 Å². The van der Waals surface area contributed by atoms with E-state index < -0.39 is 5.91 Å². The number of amides is 3. The summed E-state index contributed by atoms with van der Waals surface area (Å²) in [5, 5.41) is 3.00. The molecule has 0 aromatic heterocycles. The Balaban J connectivity index is 1.55. The average molecular weight is 357 g/mol.